The van der Waals surface area contributed by atoms with Gasteiger partial charge in [0.15, 0.2) is 5.82 Å². The normalized spacial score (nSPS) is 12.0. The molecule has 14 aromatic rings. The maximum atomic E-state index is 5.54. The van der Waals surface area contributed by atoms with Crippen LogP contribution in [0.15, 0.2) is 212 Å². The van der Waals surface area contributed by atoms with Crippen LogP contribution in [-0.4, -0.2) is 19.1 Å². The molecule has 14 rings (SSSR count). The molecule has 4 heterocycles. The van der Waals surface area contributed by atoms with Gasteiger partial charge >= 0.3 is 0 Å². The molecule has 5 heteroatoms. The van der Waals surface area contributed by atoms with Crippen LogP contribution in [0.3, 0.4) is 0 Å². The lowest BCUT2D eigenvalue weighted by atomic mass is 9.99. The molecule has 0 fully saturated rings. The third-order valence-corrected chi connectivity index (χ3v) is 14.7. The molecule has 308 valence electrons. The molecule has 0 spiro atoms. The molecule has 0 amide bonds. The number of rotatable bonds is 5. The van der Waals surface area contributed by atoms with E-state index in [0.717, 1.165) is 39.4 Å². The van der Waals surface area contributed by atoms with Gasteiger partial charge in [-0.3, -0.25) is 4.57 Å². The van der Waals surface area contributed by atoms with Crippen molar-refractivity contribution in [1.82, 2.24) is 19.1 Å². The van der Waals surface area contributed by atoms with Gasteiger partial charge in [0.25, 0.3) is 0 Å². The average molecular weight is 859 g/mol. The van der Waals surface area contributed by atoms with E-state index in [0.29, 0.717) is 5.82 Å². The third kappa shape index (κ3) is 5.57. The number of fused-ring (bicyclic) bond motifs is 14. The van der Waals surface area contributed by atoms with Crippen molar-refractivity contribution < 1.29 is 0 Å². The molecule has 0 aliphatic carbocycles. The molecular formula is C61H38N4S. The smallest absolute Gasteiger partial charge is 0.162 e. The van der Waals surface area contributed by atoms with Gasteiger partial charge in [0.05, 0.1) is 27.8 Å². The van der Waals surface area contributed by atoms with Crippen molar-refractivity contribution in [3.63, 3.8) is 0 Å². The Bertz CT molecular complexity index is 4310. The predicted molar refractivity (Wildman–Crippen MR) is 280 cm³/mol. The van der Waals surface area contributed by atoms with Crippen LogP contribution in [0.2, 0.25) is 0 Å². The van der Waals surface area contributed by atoms with Gasteiger partial charge in [-0.25, -0.2) is 9.97 Å². The Balaban J connectivity index is 1.11. The fourth-order valence-electron chi connectivity index (χ4n) is 10.6. The molecule has 0 unspecified atom stereocenters. The lowest BCUT2D eigenvalue weighted by molar-refractivity contribution is 1.05. The van der Waals surface area contributed by atoms with Crippen molar-refractivity contribution in [2.24, 2.45) is 0 Å². The van der Waals surface area contributed by atoms with Crippen LogP contribution < -0.4 is 0 Å². The van der Waals surface area contributed by atoms with E-state index in [1.54, 1.807) is 0 Å². The Morgan fingerprint density at radius 3 is 1.94 bits per heavy atom. The lowest BCUT2D eigenvalue weighted by Gasteiger charge is -2.14. The maximum Gasteiger partial charge on any atom is 0.162 e. The number of nitrogens with zero attached hydrogens (tertiary/aromatic N) is 4. The Kier molecular flexibility index (Phi) is 8.03. The summed E-state index contributed by atoms with van der Waals surface area (Å²) in [4.78, 5) is 10.9. The van der Waals surface area contributed by atoms with E-state index in [2.05, 4.69) is 228 Å². The highest BCUT2D eigenvalue weighted by Crippen LogP contribution is 2.49. The van der Waals surface area contributed by atoms with Crippen molar-refractivity contribution in [3.05, 3.63) is 218 Å². The van der Waals surface area contributed by atoms with E-state index in [-0.39, 0.29) is 0 Å². The topological polar surface area (TPSA) is 35.6 Å². The van der Waals surface area contributed by atoms with Gasteiger partial charge in [0, 0.05) is 70.0 Å². The lowest BCUT2D eigenvalue weighted by Crippen LogP contribution is -2.03. The van der Waals surface area contributed by atoms with E-state index in [1.807, 2.05) is 11.3 Å². The molecular weight excluding hydrogens is 821 g/mol. The number of aromatic nitrogens is 4. The minimum Gasteiger partial charge on any atom is -0.309 e. The third-order valence-electron chi connectivity index (χ3n) is 13.5. The SMILES string of the molecule is Cc1cccc(-c2nc(-c3ccc4ccccc4c3)cc(-n3c4ccccc4c4c5ccccc5c5sc6cc7c(cc6c5c43)c3ccccc3n7-c3cccc(-c4ccccc4)c3)n2)c1. The Morgan fingerprint density at radius 2 is 1.09 bits per heavy atom. The average Bonchev–Trinajstić information content (AvgIpc) is 4.03. The molecule has 0 saturated heterocycles. The van der Waals surface area contributed by atoms with E-state index >= 15 is 0 Å². The zero-order valence-electron chi connectivity index (χ0n) is 35.9. The fraction of sp³-hybridized carbons (Fsp3) is 0.0164. The summed E-state index contributed by atoms with van der Waals surface area (Å²) in [6, 6.07) is 77.1. The van der Waals surface area contributed by atoms with E-state index in [9.17, 15) is 0 Å². The highest BCUT2D eigenvalue weighted by molar-refractivity contribution is 7.27. The first-order valence-electron chi connectivity index (χ1n) is 22.5. The minimum absolute atomic E-state index is 0.698. The van der Waals surface area contributed by atoms with E-state index in [1.165, 1.54) is 91.0 Å². The molecule has 0 bridgehead atoms. The van der Waals surface area contributed by atoms with E-state index in [4.69, 9.17) is 9.97 Å². The summed E-state index contributed by atoms with van der Waals surface area (Å²) in [6.45, 7) is 2.13. The summed E-state index contributed by atoms with van der Waals surface area (Å²) in [5.41, 5.74) is 12.3. The standard InChI is InChI=1S/C61H38N4S/c1-37-15-13-21-43(31-37)61-62-51(42-30-29-39-18-5-6-19-40(39)32-42)35-56(63-61)65-53-28-12-10-26-48(53)57-46-24-7-8-25-47(46)60-58(59(57)65)50-34-49-45-23-9-11-27-52(45)64(54(49)36-55(50)66-60)44-22-14-20-41(33-44)38-16-3-2-4-17-38/h2-36H,1H3. The van der Waals surface area contributed by atoms with Gasteiger partial charge in [0.1, 0.15) is 5.82 Å². The quantitative estimate of drug-likeness (QED) is 0.173. The number of hydrogen-bond acceptors (Lipinski definition) is 3. The first kappa shape index (κ1) is 37.0. The number of para-hydroxylation sites is 2. The van der Waals surface area contributed by atoms with Crippen molar-refractivity contribution in [1.29, 1.82) is 0 Å². The van der Waals surface area contributed by atoms with Crippen LogP contribution in [0, 0.1) is 6.92 Å². The Hall–Kier alpha value is -8.38. The van der Waals surface area contributed by atoms with Gasteiger partial charge in [-0.2, -0.15) is 0 Å². The summed E-state index contributed by atoms with van der Waals surface area (Å²) in [7, 11) is 0. The van der Waals surface area contributed by atoms with Gasteiger partial charge in [-0.05, 0) is 82.7 Å². The molecule has 0 N–H and O–H groups in total. The summed E-state index contributed by atoms with van der Waals surface area (Å²) < 4.78 is 7.40. The number of aryl methyl sites for hydroxylation is 1. The first-order valence-corrected chi connectivity index (χ1v) is 23.3. The van der Waals surface area contributed by atoms with Crippen LogP contribution in [0.5, 0.6) is 0 Å². The monoisotopic (exact) mass is 858 g/mol. The molecule has 4 nitrogen and oxygen atoms in total. The molecule has 0 atom stereocenters. The molecule has 66 heavy (non-hydrogen) atoms. The minimum atomic E-state index is 0.698. The molecule has 0 radical (unpaired) electrons. The molecule has 10 aromatic carbocycles. The Labute approximate surface area is 383 Å². The second-order valence-electron chi connectivity index (χ2n) is 17.4. The van der Waals surface area contributed by atoms with Crippen LogP contribution >= 0.6 is 11.3 Å². The van der Waals surface area contributed by atoms with Gasteiger partial charge < -0.3 is 4.57 Å². The second-order valence-corrected chi connectivity index (χ2v) is 18.5. The van der Waals surface area contributed by atoms with Crippen molar-refractivity contribution in [3.8, 4) is 45.3 Å². The van der Waals surface area contributed by atoms with E-state index < -0.39 is 0 Å². The second kappa shape index (κ2) is 14.3. The summed E-state index contributed by atoms with van der Waals surface area (Å²) in [6.07, 6.45) is 0. The van der Waals surface area contributed by atoms with Crippen LogP contribution in [0.4, 0.5) is 0 Å². The Morgan fingerprint density at radius 1 is 0.394 bits per heavy atom. The first-order chi connectivity index (χ1) is 32.6. The zero-order valence-corrected chi connectivity index (χ0v) is 36.7. The molecule has 0 aliphatic rings. The van der Waals surface area contributed by atoms with Gasteiger partial charge in [-0.1, -0.05) is 163 Å². The van der Waals surface area contributed by atoms with Crippen molar-refractivity contribution in [2.75, 3.05) is 0 Å². The maximum absolute atomic E-state index is 5.54. The fourth-order valence-corrected chi connectivity index (χ4v) is 11.8. The molecule has 0 saturated carbocycles. The zero-order chi connectivity index (χ0) is 43.5. The van der Waals surface area contributed by atoms with Gasteiger partial charge in [-0.15, -0.1) is 11.3 Å². The highest BCUT2D eigenvalue weighted by Gasteiger charge is 2.25. The predicted octanol–water partition coefficient (Wildman–Crippen LogP) is 16.7. The number of thiophene rings is 1. The van der Waals surface area contributed by atoms with Crippen molar-refractivity contribution >= 4 is 96.7 Å². The van der Waals surface area contributed by atoms with Crippen LogP contribution in [0.1, 0.15) is 5.56 Å². The number of benzene rings is 10. The van der Waals surface area contributed by atoms with Gasteiger partial charge in [0.2, 0.25) is 0 Å². The summed E-state index contributed by atoms with van der Waals surface area (Å²) >= 11 is 1.89. The molecule has 4 aromatic heterocycles. The van der Waals surface area contributed by atoms with Crippen LogP contribution in [-0.2, 0) is 0 Å². The van der Waals surface area contributed by atoms with Crippen molar-refractivity contribution in [2.45, 2.75) is 6.92 Å². The summed E-state index contributed by atoms with van der Waals surface area (Å²) in [5, 5.41) is 12.3. The largest absolute Gasteiger partial charge is 0.309 e. The molecule has 0 aliphatic heterocycles. The highest BCUT2D eigenvalue weighted by atomic mass is 32.1. The summed E-state index contributed by atoms with van der Waals surface area (Å²) in [5.74, 6) is 1.53. The van der Waals surface area contributed by atoms with Crippen LogP contribution in [0.25, 0.3) is 131 Å². The number of hydrogen-bond donors (Lipinski definition) is 0.